The van der Waals surface area contributed by atoms with Gasteiger partial charge in [0, 0.05) is 11.6 Å². The number of methoxy groups -OCH3 is 1. The van der Waals surface area contributed by atoms with E-state index in [0.29, 0.717) is 22.6 Å². The van der Waals surface area contributed by atoms with E-state index in [-0.39, 0.29) is 18.2 Å². The summed E-state index contributed by atoms with van der Waals surface area (Å²) in [5.41, 5.74) is 1.97. The lowest BCUT2D eigenvalue weighted by Crippen LogP contribution is -2.30. The molecule has 0 saturated carbocycles. The number of nitrogens with zero attached hydrogens (tertiary/aromatic N) is 2. The van der Waals surface area contributed by atoms with Gasteiger partial charge in [-0.25, -0.2) is 0 Å². The molecule has 0 bridgehead atoms. The highest BCUT2D eigenvalue weighted by Gasteiger charge is 2.12. The summed E-state index contributed by atoms with van der Waals surface area (Å²) in [6.07, 6.45) is 1.50. The van der Waals surface area contributed by atoms with E-state index in [0.717, 1.165) is 5.56 Å². The molecule has 1 amide bonds. The Morgan fingerprint density at radius 2 is 1.93 bits per heavy atom. The summed E-state index contributed by atoms with van der Waals surface area (Å²) < 4.78 is 11.2. The van der Waals surface area contributed by atoms with Gasteiger partial charge in [-0.3, -0.25) is 4.79 Å². The second kappa shape index (κ2) is 9.80. The van der Waals surface area contributed by atoms with Gasteiger partial charge in [-0.05, 0) is 43.7 Å². The van der Waals surface area contributed by atoms with Crippen LogP contribution in [0, 0.1) is 22.7 Å². The molecule has 0 unspecified atom stereocenters. The van der Waals surface area contributed by atoms with Gasteiger partial charge in [0.2, 0.25) is 0 Å². The summed E-state index contributed by atoms with van der Waals surface area (Å²) >= 11 is 0. The van der Waals surface area contributed by atoms with Gasteiger partial charge >= 0.3 is 0 Å². The first-order chi connectivity index (χ1) is 13.5. The van der Waals surface area contributed by atoms with Gasteiger partial charge in [0.25, 0.3) is 5.91 Å². The molecule has 142 valence electrons. The minimum absolute atomic E-state index is 0.00682. The van der Waals surface area contributed by atoms with Crippen LogP contribution in [0.15, 0.2) is 48.0 Å². The minimum atomic E-state index is -0.426. The van der Waals surface area contributed by atoms with Crippen molar-refractivity contribution in [1.82, 2.24) is 5.32 Å². The van der Waals surface area contributed by atoms with Gasteiger partial charge < -0.3 is 14.8 Å². The van der Waals surface area contributed by atoms with Gasteiger partial charge in [0.05, 0.1) is 18.7 Å². The lowest BCUT2D eigenvalue weighted by molar-refractivity contribution is -0.117. The number of hydrogen-bond donors (Lipinski definition) is 1. The Bertz CT molecular complexity index is 966. The summed E-state index contributed by atoms with van der Waals surface area (Å²) in [7, 11) is 1.51. The molecule has 2 aromatic carbocycles. The Labute approximate surface area is 164 Å². The zero-order valence-electron chi connectivity index (χ0n) is 16.0. The van der Waals surface area contributed by atoms with Crippen molar-refractivity contribution in [2.75, 3.05) is 7.11 Å². The van der Waals surface area contributed by atoms with Crippen LogP contribution < -0.4 is 14.8 Å². The molecule has 2 aromatic rings. The van der Waals surface area contributed by atoms with Gasteiger partial charge in [-0.1, -0.05) is 24.3 Å². The molecule has 28 heavy (non-hydrogen) atoms. The summed E-state index contributed by atoms with van der Waals surface area (Å²) in [6.45, 7) is 3.87. The molecule has 6 heteroatoms. The molecule has 0 aliphatic heterocycles. The molecular weight excluding hydrogens is 354 g/mol. The number of benzene rings is 2. The lowest BCUT2D eigenvalue weighted by Gasteiger charge is -2.12. The molecule has 0 aliphatic rings. The summed E-state index contributed by atoms with van der Waals surface area (Å²) in [5, 5.41) is 21.1. The summed E-state index contributed by atoms with van der Waals surface area (Å²) in [6, 6.07) is 16.3. The van der Waals surface area contributed by atoms with Crippen LogP contribution in [0.4, 0.5) is 0 Å². The van der Waals surface area contributed by atoms with Crippen LogP contribution in [0.2, 0.25) is 0 Å². The Morgan fingerprint density at radius 1 is 1.18 bits per heavy atom. The second-order valence-electron chi connectivity index (χ2n) is 6.27. The first-order valence-electron chi connectivity index (χ1n) is 8.70. The van der Waals surface area contributed by atoms with Crippen molar-refractivity contribution < 1.29 is 14.3 Å². The van der Waals surface area contributed by atoms with Gasteiger partial charge in [-0.2, -0.15) is 10.5 Å². The van der Waals surface area contributed by atoms with Gasteiger partial charge in [0.1, 0.15) is 18.2 Å². The first-order valence-corrected chi connectivity index (χ1v) is 8.70. The van der Waals surface area contributed by atoms with Crippen molar-refractivity contribution in [3.05, 3.63) is 64.7 Å². The van der Waals surface area contributed by atoms with E-state index in [1.807, 2.05) is 32.0 Å². The van der Waals surface area contributed by atoms with Crippen molar-refractivity contribution in [1.29, 1.82) is 10.5 Å². The maximum absolute atomic E-state index is 12.0. The fraction of sp³-hybridized carbons (Fsp3) is 0.227. The number of amides is 1. The van der Waals surface area contributed by atoms with Gasteiger partial charge in [0.15, 0.2) is 11.5 Å². The standard InChI is InChI=1S/C22H21N3O3/c1-15(2)25-22(26)19(13-24)10-16-8-9-20(21(11-16)27-3)28-14-18-7-5-4-6-17(18)12-23/h4-11,15H,14H2,1-3H3,(H,25,26)/b19-10-. The van der Waals surface area contributed by atoms with E-state index >= 15 is 0 Å². The topological polar surface area (TPSA) is 95.1 Å². The Balaban J connectivity index is 2.22. The Hall–Kier alpha value is -3.77. The van der Waals surface area contributed by atoms with Crippen LogP contribution in [0.3, 0.4) is 0 Å². The molecule has 2 rings (SSSR count). The van der Waals surface area contributed by atoms with Crippen LogP contribution in [0.25, 0.3) is 6.08 Å². The molecule has 0 radical (unpaired) electrons. The maximum Gasteiger partial charge on any atom is 0.262 e. The molecule has 0 saturated heterocycles. The van der Waals surface area contributed by atoms with Crippen LogP contribution in [0.1, 0.15) is 30.5 Å². The molecule has 0 aromatic heterocycles. The molecular formula is C22H21N3O3. The summed E-state index contributed by atoms with van der Waals surface area (Å²) in [4.78, 5) is 12.0. The highest BCUT2D eigenvalue weighted by molar-refractivity contribution is 6.01. The van der Waals surface area contributed by atoms with Crippen molar-refractivity contribution in [2.45, 2.75) is 26.5 Å². The fourth-order valence-electron chi connectivity index (χ4n) is 2.46. The average molecular weight is 375 g/mol. The third-order valence-electron chi connectivity index (χ3n) is 3.80. The van der Waals surface area contributed by atoms with Crippen molar-refractivity contribution in [3.8, 4) is 23.6 Å². The number of ether oxygens (including phenoxy) is 2. The largest absolute Gasteiger partial charge is 0.493 e. The first kappa shape index (κ1) is 20.5. The number of nitriles is 2. The molecule has 6 nitrogen and oxygen atoms in total. The highest BCUT2D eigenvalue weighted by Crippen LogP contribution is 2.30. The normalized spacial score (nSPS) is 10.7. The summed E-state index contributed by atoms with van der Waals surface area (Å²) in [5.74, 6) is 0.534. The van der Waals surface area contributed by atoms with Crippen molar-refractivity contribution in [2.24, 2.45) is 0 Å². The molecule has 0 fully saturated rings. The molecule has 0 atom stereocenters. The number of nitrogens with one attached hydrogen (secondary N) is 1. The predicted octanol–water partition coefficient (Wildman–Crippen LogP) is 3.58. The zero-order chi connectivity index (χ0) is 20.5. The van der Waals surface area contributed by atoms with Crippen LogP contribution in [0.5, 0.6) is 11.5 Å². The smallest absolute Gasteiger partial charge is 0.262 e. The quantitative estimate of drug-likeness (QED) is 0.589. The molecule has 0 aliphatic carbocycles. The van der Waals surface area contributed by atoms with Crippen LogP contribution >= 0.6 is 0 Å². The van der Waals surface area contributed by atoms with E-state index in [1.54, 1.807) is 30.3 Å². The SMILES string of the molecule is COc1cc(/C=C(/C#N)C(=O)NC(C)C)ccc1OCc1ccccc1C#N. The molecule has 0 heterocycles. The number of rotatable bonds is 7. The average Bonchev–Trinajstić information content (AvgIpc) is 2.70. The van der Waals surface area contributed by atoms with Crippen LogP contribution in [-0.4, -0.2) is 19.1 Å². The minimum Gasteiger partial charge on any atom is -0.493 e. The van der Waals surface area contributed by atoms with E-state index in [9.17, 15) is 10.1 Å². The van der Waals surface area contributed by atoms with Gasteiger partial charge in [-0.15, -0.1) is 0 Å². The number of carbonyl (C=O) groups is 1. The molecule has 1 N–H and O–H groups in total. The van der Waals surface area contributed by atoms with E-state index in [4.69, 9.17) is 14.7 Å². The maximum atomic E-state index is 12.0. The Morgan fingerprint density at radius 3 is 2.57 bits per heavy atom. The molecule has 0 spiro atoms. The third-order valence-corrected chi connectivity index (χ3v) is 3.80. The van der Waals surface area contributed by atoms with Crippen molar-refractivity contribution >= 4 is 12.0 Å². The monoisotopic (exact) mass is 375 g/mol. The highest BCUT2D eigenvalue weighted by atomic mass is 16.5. The van der Waals surface area contributed by atoms with E-state index in [1.165, 1.54) is 13.2 Å². The van der Waals surface area contributed by atoms with Crippen molar-refractivity contribution in [3.63, 3.8) is 0 Å². The number of hydrogen-bond acceptors (Lipinski definition) is 5. The Kier molecular flexibility index (Phi) is 7.19. The fourth-order valence-corrected chi connectivity index (χ4v) is 2.46. The second-order valence-corrected chi connectivity index (χ2v) is 6.27. The van der Waals surface area contributed by atoms with E-state index in [2.05, 4.69) is 11.4 Å². The third kappa shape index (κ3) is 5.36. The number of carbonyl (C=O) groups excluding carboxylic acids is 1. The zero-order valence-corrected chi connectivity index (χ0v) is 16.0. The predicted molar refractivity (Wildman–Crippen MR) is 105 cm³/mol. The van der Waals surface area contributed by atoms with E-state index < -0.39 is 5.91 Å². The van der Waals surface area contributed by atoms with Crippen LogP contribution in [-0.2, 0) is 11.4 Å². The lowest BCUT2D eigenvalue weighted by atomic mass is 10.1.